The lowest BCUT2D eigenvalue weighted by molar-refractivity contribution is 0.430. The number of nitrogens with one attached hydrogen (secondary N) is 3. The van der Waals surface area contributed by atoms with E-state index in [2.05, 4.69) is 30.3 Å². The number of sulfonamides is 1. The first-order valence-electron chi connectivity index (χ1n) is 11.2. The SMILES string of the molecule is CCCS(=O)(=O)Nc1cccc(Oc2ncccc2-c2ccnc(N[C@H]3CCCNC3)n2)c1F. The molecular weight excluding hydrogens is 459 g/mol. The Balaban J connectivity index is 1.58. The molecule has 2 aromatic heterocycles. The summed E-state index contributed by atoms with van der Waals surface area (Å²) in [5.41, 5.74) is 0.925. The molecule has 0 bridgehead atoms. The first-order chi connectivity index (χ1) is 16.4. The van der Waals surface area contributed by atoms with E-state index in [-0.39, 0.29) is 29.1 Å². The van der Waals surface area contributed by atoms with Gasteiger partial charge in [-0.2, -0.15) is 0 Å². The topological polar surface area (TPSA) is 118 Å². The molecule has 1 aromatic carbocycles. The van der Waals surface area contributed by atoms with Crippen LogP contribution in [-0.4, -0.2) is 48.3 Å². The van der Waals surface area contributed by atoms with Crippen molar-refractivity contribution in [3.8, 4) is 22.9 Å². The van der Waals surface area contributed by atoms with Crippen LogP contribution in [0.5, 0.6) is 11.6 Å². The Morgan fingerprint density at radius 2 is 2.06 bits per heavy atom. The van der Waals surface area contributed by atoms with Crippen LogP contribution >= 0.6 is 0 Å². The van der Waals surface area contributed by atoms with E-state index in [0.29, 0.717) is 23.6 Å². The number of hydrogen-bond donors (Lipinski definition) is 3. The van der Waals surface area contributed by atoms with Crippen molar-refractivity contribution < 1.29 is 17.5 Å². The fourth-order valence-corrected chi connectivity index (χ4v) is 4.80. The van der Waals surface area contributed by atoms with Crippen LogP contribution in [0.1, 0.15) is 26.2 Å². The smallest absolute Gasteiger partial charge is 0.232 e. The average Bonchev–Trinajstić information content (AvgIpc) is 2.83. The summed E-state index contributed by atoms with van der Waals surface area (Å²) in [5.74, 6) is -0.465. The summed E-state index contributed by atoms with van der Waals surface area (Å²) in [4.78, 5) is 13.2. The maximum Gasteiger partial charge on any atom is 0.232 e. The normalized spacial score (nSPS) is 16.1. The van der Waals surface area contributed by atoms with Crippen LogP contribution in [0, 0.1) is 5.82 Å². The lowest BCUT2D eigenvalue weighted by atomic mass is 10.1. The first kappa shape index (κ1) is 23.8. The summed E-state index contributed by atoms with van der Waals surface area (Å²) < 4.78 is 47.3. The van der Waals surface area contributed by atoms with Crippen LogP contribution < -0.4 is 20.1 Å². The summed E-state index contributed by atoms with van der Waals surface area (Å²) in [6, 6.07) is 9.72. The van der Waals surface area contributed by atoms with E-state index in [1.165, 1.54) is 24.4 Å². The quantitative estimate of drug-likeness (QED) is 0.418. The van der Waals surface area contributed by atoms with E-state index >= 15 is 4.39 Å². The molecule has 9 nitrogen and oxygen atoms in total. The zero-order valence-corrected chi connectivity index (χ0v) is 19.6. The number of aromatic nitrogens is 3. The molecule has 1 fully saturated rings. The number of hydrogen-bond acceptors (Lipinski definition) is 8. The van der Waals surface area contributed by atoms with Crippen molar-refractivity contribution >= 4 is 21.7 Å². The molecule has 1 aliphatic rings. The van der Waals surface area contributed by atoms with E-state index in [0.717, 1.165) is 25.9 Å². The van der Waals surface area contributed by atoms with Gasteiger partial charge < -0.3 is 15.4 Å². The zero-order chi connectivity index (χ0) is 24.0. The van der Waals surface area contributed by atoms with Gasteiger partial charge in [0, 0.05) is 25.0 Å². The summed E-state index contributed by atoms with van der Waals surface area (Å²) in [5, 5.41) is 6.68. The average molecular weight is 487 g/mol. The van der Waals surface area contributed by atoms with Crippen molar-refractivity contribution in [3.63, 3.8) is 0 Å². The molecule has 0 unspecified atom stereocenters. The number of ether oxygens (including phenoxy) is 1. The van der Waals surface area contributed by atoms with Crippen LogP contribution in [-0.2, 0) is 10.0 Å². The lowest BCUT2D eigenvalue weighted by Crippen LogP contribution is -2.38. The predicted octanol–water partition coefficient (Wildman–Crippen LogP) is 3.79. The van der Waals surface area contributed by atoms with Gasteiger partial charge in [0.1, 0.15) is 0 Å². The van der Waals surface area contributed by atoms with Gasteiger partial charge in [-0.3, -0.25) is 4.72 Å². The molecule has 180 valence electrons. The number of halogens is 1. The Morgan fingerprint density at radius 1 is 1.18 bits per heavy atom. The summed E-state index contributed by atoms with van der Waals surface area (Å²) in [6.07, 6.45) is 5.69. The van der Waals surface area contributed by atoms with E-state index in [9.17, 15) is 8.42 Å². The highest BCUT2D eigenvalue weighted by Crippen LogP contribution is 2.34. The predicted molar refractivity (Wildman–Crippen MR) is 129 cm³/mol. The first-order valence-corrected chi connectivity index (χ1v) is 12.8. The van der Waals surface area contributed by atoms with Crippen molar-refractivity contribution in [2.75, 3.05) is 28.9 Å². The van der Waals surface area contributed by atoms with E-state index in [4.69, 9.17) is 4.74 Å². The largest absolute Gasteiger partial charge is 0.435 e. The molecule has 34 heavy (non-hydrogen) atoms. The number of pyridine rings is 1. The fourth-order valence-electron chi connectivity index (χ4n) is 3.66. The fraction of sp³-hybridized carbons (Fsp3) is 0.348. The third-order valence-corrected chi connectivity index (χ3v) is 6.72. The van der Waals surface area contributed by atoms with Crippen molar-refractivity contribution in [2.45, 2.75) is 32.2 Å². The number of rotatable bonds is 9. The minimum absolute atomic E-state index is 0.108. The van der Waals surface area contributed by atoms with Gasteiger partial charge in [0.05, 0.1) is 22.7 Å². The van der Waals surface area contributed by atoms with Crippen LogP contribution in [0.3, 0.4) is 0 Å². The number of benzene rings is 1. The van der Waals surface area contributed by atoms with E-state index in [1.807, 2.05) is 0 Å². The highest BCUT2D eigenvalue weighted by molar-refractivity contribution is 7.92. The molecule has 1 saturated heterocycles. The molecule has 0 spiro atoms. The van der Waals surface area contributed by atoms with Gasteiger partial charge >= 0.3 is 0 Å². The molecule has 11 heteroatoms. The minimum Gasteiger partial charge on any atom is -0.435 e. The van der Waals surface area contributed by atoms with Gasteiger partial charge in [0.25, 0.3) is 0 Å². The Kier molecular flexibility index (Phi) is 7.53. The monoisotopic (exact) mass is 486 g/mol. The summed E-state index contributed by atoms with van der Waals surface area (Å²) in [7, 11) is -3.65. The molecule has 3 heterocycles. The molecule has 3 N–H and O–H groups in total. The van der Waals surface area contributed by atoms with Gasteiger partial charge in [-0.15, -0.1) is 0 Å². The zero-order valence-electron chi connectivity index (χ0n) is 18.8. The molecule has 0 amide bonds. The molecule has 0 aliphatic carbocycles. The standard InChI is InChI=1S/C23H27FN6O3S/c1-2-14-34(31,32)30-19-8-3-9-20(21(19)24)33-22-17(7-5-12-26-22)18-10-13-27-23(29-18)28-16-6-4-11-25-15-16/h3,5,7-10,12-13,16,25,30H,2,4,6,11,14-15H2,1H3,(H,27,28,29)/t16-/m0/s1. The van der Waals surface area contributed by atoms with Gasteiger partial charge in [-0.25, -0.2) is 27.8 Å². The van der Waals surface area contributed by atoms with Gasteiger partial charge in [-0.05, 0) is 56.1 Å². The number of piperidine rings is 1. The van der Waals surface area contributed by atoms with Gasteiger partial charge in [0.2, 0.25) is 21.9 Å². The summed E-state index contributed by atoms with van der Waals surface area (Å²) in [6.45, 7) is 3.58. The third-order valence-electron chi connectivity index (χ3n) is 5.24. The number of nitrogens with zero attached hydrogens (tertiary/aromatic N) is 3. The molecular formula is C23H27FN6O3S. The third kappa shape index (κ3) is 5.97. The van der Waals surface area contributed by atoms with Crippen LogP contribution in [0.25, 0.3) is 11.3 Å². The molecule has 1 atom stereocenters. The Labute approximate surface area is 198 Å². The second-order valence-corrected chi connectivity index (χ2v) is 9.79. The minimum atomic E-state index is -3.65. The highest BCUT2D eigenvalue weighted by Gasteiger charge is 2.19. The highest BCUT2D eigenvalue weighted by atomic mass is 32.2. The van der Waals surface area contributed by atoms with Crippen molar-refractivity contribution in [3.05, 3.63) is 54.6 Å². The van der Waals surface area contributed by atoms with Crippen molar-refractivity contribution in [1.29, 1.82) is 0 Å². The Bertz CT molecular complexity index is 1230. The van der Waals surface area contributed by atoms with E-state index in [1.54, 1.807) is 31.3 Å². The Morgan fingerprint density at radius 3 is 2.85 bits per heavy atom. The number of anilines is 2. The second kappa shape index (κ2) is 10.7. The maximum absolute atomic E-state index is 15.1. The molecule has 0 saturated carbocycles. The van der Waals surface area contributed by atoms with Gasteiger partial charge in [0.15, 0.2) is 11.6 Å². The Hall–Kier alpha value is -3.31. The van der Waals surface area contributed by atoms with E-state index < -0.39 is 15.8 Å². The summed E-state index contributed by atoms with van der Waals surface area (Å²) >= 11 is 0. The van der Waals surface area contributed by atoms with Crippen molar-refractivity contribution in [2.24, 2.45) is 0 Å². The molecule has 4 rings (SSSR count). The van der Waals surface area contributed by atoms with Crippen LogP contribution in [0.2, 0.25) is 0 Å². The maximum atomic E-state index is 15.1. The second-order valence-electron chi connectivity index (χ2n) is 7.95. The van der Waals surface area contributed by atoms with Crippen LogP contribution in [0.15, 0.2) is 48.8 Å². The molecule has 3 aromatic rings. The van der Waals surface area contributed by atoms with Crippen molar-refractivity contribution in [1.82, 2.24) is 20.3 Å². The van der Waals surface area contributed by atoms with Gasteiger partial charge in [-0.1, -0.05) is 13.0 Å². The lowest BCUT2D eigenvalue weighted by Gasteiger charge is -2.23. The molecule has 1 aliphatic heterocycles. The van der Waals surface area contributed by atoms with Crippen LogP contribution in [0.4, 0.5) is 16.0 Å². The molecule has 0 radical (unpaired) electrons.